The van der Waals surface area contributed by atoms with Crippen LogP contribution in [0.5, 0.6) is 0 Å². The molecule has 2 fully saturated rings. The third kappa shape index (κ3) is 2.94. The lowest BCUT2D eigenvalue weighted by atomic mass is 10.1. The van der Waals surface area contributed by atoms with Gasteiger partial charge in [0.25, 0.3) is 0 Å². The van der Waals surface area contributed by atoms with Gasteiger partial charge in [0.05, 0.1) is 23.1 Å². The minimum Gasteiger partial charge on any atom is -0.350 e. The predicted octanol–water partition coefficient (Wildman–Crippen LogP) is 2.25. The van der Waals surface area contributed by atoms with Gasteiger partial charge in [-0.05, 0) is 43.7 Å². The second-order valence-corrected chi connectivity index (χ2v) is 6.55. The lowest BCUT2D eigenvalue weighted by Crippen LogP contribution is -2.23. The molecular weight excluding hydrogens is 300 g/mol. The van der Waals surface area contributed by atoms with Crippen LogP contribution >= 0.6 is 11.6 Å². The molecule has 116 valence electrons. The van der Waals surface area contributed by atoms with Crippen LogP contribution < -0.4 is 10.6 Å². The summed E-state index contributed by atoms with van der Waals surface area (Å²) in [6.45, 7) is 1.97. The fourth-order valence-corrected chi connectivity index (χ4v) is 3.06. The Bertz CT molecular complexity index is 660. The second kappa shape index (κ2) is 5.85. The Labute approximate surface area is 134 Å². The molecule has 1 aliphatic carbocycles. The van der Waals surface area contributed by atoms with Gasteiger partial charge in [0.2, 0.25) is 5.95 Å². The largest absolute Gasteiger partial charge is 0.350 e. The van der Waals surface area contributed by atoms with E-state index in [0.29, 0.717) is 17.0 Å². The van der Waals surface area contributed by atoms with Crippen LogP contribution in [0.2, 0.25) is 5.02 Å². The molecule has 6 nitrogen and oxygen atoms in total. The van der Waals surface area contributed by atoms with Gasteiger partial charge < -0.3 is 10.6 Å². The molecule has 0 spiro atoms. The smallest absolute Gasteiger partial charge is 0.223 e. The lowest BCUT2D eigenvalue weighted by molar-refractivity contribution is 0.780. The van der Waals surface area contributed by atoms with Crippen LogP contribution in [-0.2, 0) is 6.42 Å². The van der Waals surface area contributed by atoms with Gasteiger partial charge in [0, 0.05) is 12.6 Å². The van der Waals surface area contributed by atoms with Crippen molar-refractivity contribution in [3.8, 4) is 11.4 Å². The van der Waals surface area contributed by atoms with Gasteiger partial charge in [-0.2, -0.15) is 5.10 Å². The molecule has 0 unspecified atom stereocenters. The van der Waals surface area contributed by atoms with E-state index in [2.05, 4.69) is 30.8 Å². The molecule has 1 saturated carbocycles. The zero-order valence-electron chi connectivity index (χ0n) is 12.3. The number of nitrogens with one attached hydrogen (secondary N) is 3. The summed E-state index contributed by atoms with van der Waals surface area (Å²) in [7, 11) is 0. The maximum Gasteiger partial charge on any atom is 0.223 e. The molecule has 7 heteroatoms. The fraction of sp³-hybridized carbons (Fsp3) is 0.533. The van der Waals surface area contributed by atoms with E-state index in [0.717, 1.165) is 43.2 Å². The van der Waals surface area contributed by atoms with Crippen molar-refractivity contribution in [2.45, 2.75) is 31.7 Å². The van der Waals surface area contributed by atoms with E-state index in [4.69, 9.17) is 11.6 Å². The summed E-state index contributed by atoms with van der Waals surface area (Å²) >= 11 is 6.32. The quantitative estimate of drug-likeness (QED) is 0.788. The van der Waals surface area contributed by atoms with Crippen molar-refractivity contribution in [3.05, 3.63) is 23.0 Å². The Morgan fingerprint density at radius 3 is 2.95 bits per heavy atom. The van der Waals surface area contributed by atoms with Crippen molar-refractivity contribution in [3.63, 3.8) is 0 Å². The van der Waals surface area contributed by atoms with Crippen LogP contribution in [0.1, 0.15) is 24.8 Å². The minimum absolute atomic E-state index is 0.377. The number of anilines is 1. The lowest BCUT2D eigenvalue weighted by Gasteiger charge is -2.12. The highest BCUT2D eigenvalue weighted by atomic mass is 35.5. The summed E-state index contributed by atoms with van der Waals surface area (Å²) in [5, 5.41) is 14.5. The number of H-pyrrole nitrogens is 1. The first-order valence-corrected chi connectivity index (χ1v) is 8.20. The van der Waals surface area contributed by atoms with Crippen molar-refractivity contribution in [2.75, 3.05) is 18.4 Å². The molecule has 2 aromatic rings. The summed E-state index contributed by atoms with van der Waals surface area (Å²) < 4.78 is 0. The molecule has 2 aromatic heterocycles. The Balaban J connectivity index is 1.60. The van der Waals surface area contributed by atoms with E-state index in [-0.39, 0.29) is 0 Å². The van der Waals surface area contributed by atoms with Gasteiger partial charge in [0.1, 0.15) is 5.69 Å². The fourth-order valence-electron chi connectivity index (χ4n) is 2.88. The Morgan fingerprint density at radius 2 is 2.18 bits per heavy atom. The number of hydrogen-bond donors (Lipinski definition) is 3. The number of rotatable bonds is 5. The monoisotopic (exact) mass is 318 g/mol. The molecular formula is C15H19ClN6. The number of aromatic nitrogens is 4. The first-order valence-electron chi connectivity index (χ1n) is 7.82. The zero-order valence-corrected chi connectivity index (χ0v) is 13.0. The Hall–Kier alpha value is -1.66. The van der Waals surface area contributed by atoms with Crippen molar-refractivity contribution in [1.29, 1.82) is 0 Å². The molecule has 0 radical (unpaired) electrons. The highest BCUT2D eigenvalue weighted by molar-refractivity contribution is 6.32. The van der Waals surface area contributed by atoms with Gasteiger partial charge in [-0.15, -0.1) is 0 Å². The Morgan fingerprint density at radius 1 is 1.27 bits per heavy atom. The van der Waals surface area contributed by atoms with Crippen molar-refractivity contribution < 1.29 is 0 Å². The number of aromatic amines is 1. The van der Waals surface area contributed by atoms with Crippen LogP contribution in [0.3, 0.4) is 0 Å². The van der Waals surface area contributed by atoms with E-state index >= 15 is 0 Å². The van der Waals surface area contributed by atoms with Crippen molar-refractivity contribution >= 4 is 17.5 Å². The second-order valence-electron chi connectivity index (χ2n) is 6.14. The first kappa shape index (κ1) is 14.0. The van der Waals surface area contributed by atoms with Crippen molar-refractivity contribution in [1.82, 2.24) is 25.5 Å². The Kier molecular flexibility index (Phi) is 3.72. The van der Waals surface area contributed by atoms with E-state index in [1.807, 2.05) is 6.20 Å². The zero-order chi connectivity index (χ0) is 14.9. The van der Waals surface area contributed by atoms with Crippen LogP contribution in [0.25, 0.3) is 11.4 Å². The molecule has 3 N–H and O–H groups in total. The van der Waals surface area contributed by atoms with Gasteiger partial charge in [-0.25, -0.2) is 9.97 Å². The summed E-state index contributed by atoms with van der Waals surface area (Å²) in [5.41, 5.74) is 2.85. The average Bonchev–Trinajstić information content (AvgIpc) is 2.99. The van der Waals surface area contributed by atoms with E-state index in [1.54, 1.807) is 6.20 Å². The number of nitrogens with zero attached hydrogens (tertiary/aromatic N) is 3. The third-order valence-electron chi connectivity index (χ3n) is 4.30. The van der Waals surface area contributed by atoms with E-state index in [9.17, 15) is 0 Å². The molecule has 0 amide bonds. The normalized spacial score (nSPS) is 21.2. The maximum atomic E-state index is 6.32. The van der Waals surface area contributed by atoms with Gasteiger partial charge in [-0.3, -0.25) is 5.10 Å². The van der Waals surface area contributed by atoms with Gasteiger partial charge in [0.15, 0.2) is 0 Å². The summed E-state index contributed by atoms with van der Waals surface area (Å²) in [5.74, 6) is 1.42. The average molecular weight is 319 g/mol. The van der Waals surface area contributed by atoms with Crippen molar-refractivity contribution in [2.24, 2.45) is 5.92 Å². The van der Waals surface area contributed by atoms with Crippen LogP contribution in [0, 0.1) is 5.92 Å². The molecule has 0 aromatic carbocycles. The molecule has 1 saturated heterocycles. The molecule has 2 aliphatic rings. The SMILES string of the molecule is Clc1cnc(N[C@@H]2CCNC2)nc1-c1[nH]ncc1CC1CC1. The summed E-state index contributed by atoms with van der Waals surface area (Å²) in [6, 6.07) is 0.377. The van der Waals surface area contributed by atoms with Gasteiger partial charge >= 0.3 is 0 Å². The van der Waals surface area contributed by atoms with Gasteiger partial charge in [-0.1, -0.05) is 11.6 Å². The molecule has 22 heavy (non-hydrogen) atoms. The summed E-state index contributed by atoms with van der Waals surface area (Å²) in [4.78, 5) is 8.91. The molecule has 1 aliphatic heterocycles. The number of hydrogen-bond acceptors (Lipinski definition) is 5. The topological polar surface area (TPSA) is 78.5 Å². The molecule has 0 bridgehead atoms. The third-order valence-corrected chi connectivity index (χ3v) is 4.57. The van der Waals surface area contributed by atoms with Crippen LogP contribution in [0.4, 0.5) is 5.95 Å². The first-order chi connectivity index (χ1) is 10.8. The molecule has 1 atom stereocenters. The number of halogens is 1. The molecule has 4 rings (SSSR count). The molecule has 3 heterocycles. The minimum atomic E-state index is 0.377. The van der Waals surface area contributed by atoms with Crippen LogP contribution in [0.15, 0.2) is 12.4 Å². The predicted molar refractivity (Wildman–Crippen MR) is 85.9 cm³/mol. The maximum absolute atomic E-state index is 6.32. The van der Waals surface area contributed by atoms with E-state index in [1.165, 1.54) is 18.4 Å². The van der Waals surface area contributed by atoms with Crippen LogP contribution in [-0.4, -0.2) is 39.3 Å². The standard InChI is InChI=1S/C15H19ClN6/c16-12-8-18-15(20-11-3-4-17-7-11)21-14(12)13-10(6-19-22-13)5-9-1-2-9/h6,8-9,11,17H,1-5,7H2,(H,19,22)(H,18,20,21)/t11-/m1/s1. The highest BCUT2D eigenvalue weighted by Gasteiger charge is 2.25. The van der Waals surface area contributed by atoms with E-state index < -0.39 is 0 Å². The summed E-state index contributed by atoms with van der Waals surface area (Å²) in [6.07, 6.45) is 8.30. The highest BCUT2D eigenvalue weighted by Crippen LogP contribution is 2.36.